The second-order valence-electron chi connectivity index (χ2n) is 5.48. The van der Waals surface area contributed by atoms with Crippen molar-refractivity contribution in [2.24, 2.45) is 5.92 Å². The predicted molar refractivity (Wildman–Crippen MR) is 94.4 cm³/mol. The van der Waals surface area contributed by atoms with Crippen molar-refractivity contribution < 1.29 is 4.42 Å². The number of anilines is 1. The lowest BCUT2D eigenvalue weighted by atomic mass is 10.2. The Bertz CT molecular complexity index is 837. The summed E-state index contributed by atoms with van der Waals surface area (Å²) < 4.78 is 7.78. The molecule has 0 amide bonds. The first kappa shape index (κ1) is 16.1. The number of rotatable bonds is 7. The zero-order chi connectivity index (χ0) is 16.2. The zero-order valence-corrected chi connectivity index (χ0v) is 14.6. The van der Waals surface area contributed by atoms with Crippen LogP contribution in [0.3, 0.4) is 0 Å². The second-order valence-corrected chi connectivity index (χ2v) is 7.80. The number of nitrogens with one attached hydrogen (secondary N) is 1. The van der Waals surface area contributed by atoms with E-state index in [1.807, 2.05) is 18.2 Å². The summed E-state index contributed by atoms with van der Waals surface area (Å²) in [5.41, 5.74) is 1.45. The Balaban J connectivity index is 1.59. The number of hydrogen-bond acceptors (Lipinski definition) is 7. The molecule has 3 aromatic rings. The summed E-state index contributed by atoms with van der Waals surface area (Å²) in [5, 5.41) is 12.4. The standard InChI is InChI=1S/C15H18N4O2S2/c1-10(2)9-16-13-17-18-14(23-13)22-8-7-19-11-5-3-4-6-12(11)21-15(19)20/h3-6,10H,7-9H2,1-2H3,(H,16,17). The van der Waals surface area contributed by atoms with Crippen LogP contribution in [0.4, 0.5) is 5.13 Å². The van der Waals surface area contributed by atoms with E-state index in [9.17, 15) is 4.79 Å². The fourth-order valence-corrected chi connectivity index (χ4v) is 3.83. The van der Waals surface area contributed by atoms with Crippen molar-refractivity contribution in [3.63, 3.8) is 0 Å². The van der Waals surface area contributed by atoms with Crippen molar-refractivity contribution >= 4 is 39.3 Å². The lowest BCUT2D eigenvalue weighted by Crippen LogP contribution is -2.15. The Morgan fingerprint density at radius 3 is 3.00 bits per heavy atom. The smallest absolute Gasteiger partial charge is 0.408 e. The molecule has 2 heterocycles. The van der Waals surface area contributed by atoms with Crippen molar-refractivity contribution in [1.82, 2.24) is 14.8 Å². The molecule has 0 spiro atoms. The molecule has 2 aromatic heterocycles. The van der Waals surface area contributed by atoms with Gasteiger partial charge in [-0.25, -0.2) is 4.79 Å². The minimum absolute atomic E-state index is 0.316. The summed E-state index contributed by atoms with van der Waals surface area (Å²) >= 11 is 3.13. The van der Waals surface area contributed by atoms with Crippen LogP contribution in [0.1, 0.15) is 13.8 Å². The highest BCUT2D eigenvalue weighted by molar-refractivity contribution is 8.01. The van der Waals surface area contributed by atoms with Crippen LogP contribution in [0.2, 0.25) is 0 Å². The number of thioether (sulfide) groups is 1. The van der Waals surface area contributed by atoms with Crippen molar-refractivity contribution in [2.45, 2.75) is 24.7 Å². The van der Waals surface area contributed by atoms with Crippen LogP contribution < -0.4 is 11.1 Å². The van der Waals surface area contributed by atoms with E-state index in [1.54, 1.807) is 22.4 Å². The zero-order valence-electron chi connectivity index (χ0n) is 13.0. The van der Waals surface area contributed by atoms with Gasteiger partial charge in [0.1, 0.15) is 0 Å². The van der Waals surface area contributed by atoms with Crippen LogP contribution in [0.25, 0.3) is 11.1 Å². The molecule has 1 aromatic carbocycles. The molecule has 0 radical (unpaired) electrons. The maximum atomic E-state index is 11.9. The number of para-hydroxylation sites is 2. The van der Waals surface area contributed by atoms with Gasteiger partial charge in [0.2, 0.25) is 5.13 Å². The van der Waals surface area contributed by atoms with Gasteiger partial charge in [0.25, 0.3) is 0 Å². The molecule has 1 N–H and O–H groups in total. The molecule has 0 atom stereocenters. The normalized spacial score (nSPS) is 11.4. The summed E-state index contributed by atoms with van der Waals surface area (Å²) in [5.74, 6) is 0.988. The molecule has 0 bridgehead atoms. The molecule has 122 valence electrons. The number of nitrogens with zero attached hydrogens (tertiary/aromatic N) is 3. The highest BCUT2D eigenvalue weighted by Crippen LogP contribution is 2.26. The second kappa shape index (κ2) is 7.18. The number of aryl methyl sites for hydroxylation is 1. The fourth-order valence-electron chi connectivity index (χ4n) is 2.08. The summed E-state index contributed by atoms with van der Waals surface area (Å²) in [4.78, 5) is 11.9. The van der Waals surface area contributed by atoms with Gasteiger partial charge in [0.05, 0.1) is 5.52 Å². The fraction of sp³-hybridized carbons (Fsp3) is 0.400. The minimum atomic E-state index is -0.316. The summed E-state index contributed by atoms with van der Waals surface area (Å²) in [7, 11) is 0. The summed E-state index contributed by atoms with van der Waals surface area (Å²) in [6.45, 7) is 5.76. The van der Waals surface area contributed by atoms with E-state index in [1.165, 1.54) is 11.3 Å². The lowest BCUT2D eigenvalue weighted by Gasteiger charge is -2.03. The van der Waals surface area contributed by atoms with E-state index in [4.69, 9.17) is 4.42 Å². The van der Waals surface area contributed by atoms with Crippen LogP contribution in [0, 0.1) is 5.92 Å². The van der Waals surface area contributed by atoms with Crippen molar-refractivity contribution in [1.29, 1.82) is 0 Å². The van der Waals surface area contributed by atoms with Crippen LogP contribution in [0.5, 0.6) is 0 Å². The van der Waals surface area contributed by atoms with Crippen molar-refractivity contribution in [3.05, 3.63) is 34.8 Å². The molecule has 0 fully saturated rings. The minimum Gasteiger partial charge on any atom is -0.408 e. The highest BCUT2D eigenvalue weighted by Gasteiger charge is 2.09. The molecule has 0 saturated carbocycles. The first-order chi connectivity index (χ1) is 11.1. The Morgan fingerprint density at radius 1 is 1.35 bits per heavy atom. The third-order valence-electron chi connectivity index (χ3n) is 3.18. The molecule has 8 heteroatoms. The molecule has 0 aliphatic heterocycles. The molecule has 0 saturated heterocycles. The molecule has 0 unspecified atom stereocenters. The summed E-state index contributed by atoms with van der Waals surface area (Å²) in [6, 6.07) is 7.46. The number of benzene rings is 1. The number of aromatic nitrogens is 3. The molecule has 0 aliphatic rings. The van der Waals surface area contributed by atoms with Gasteiger partial charge in [0, 0.05) is 18.8 Å². The average Bonchev–Trinajstić information content (AvgIpc) is 3.10. The first-order valence-electron chi connectivity index (χ1n) is 7.42. The molecule has 23 heavy (non-hydrogen) atoms. The van der Waals surface area contributed by atoms with E-state index in [0.29, 0.717) is 18.0 Å². The Morgan fingerprint density at radius 2 is 2.17 bits per heavy atom. The largest absolute Gasteiger partial charge is 0.419 e. The van der Waals surface area contributed by atoms with Gasteiger partial charge in [-0.1, -0.05) is 49.1 Å². The van der Waals surface area contributed by atoms with Gasteiger partial charge in [-0.05, 0) is 18.1 Å². The van der Waals surface area contributed by atoms with E-state index >= 15 is 0 Å². The maximum absolute atomic E-state index is 11.9. The maximum Gasteiger partial charge on any atom is 0.419 e. The van der Waals surface area contributed by atoms with E-state index in [-0.39, 0.29) is 5.76 Å². The molecule has 3 rings (SSSR count). The van der Waals surface area contributed by atoms with Crippen LogP contribution in [0.15, 0.2) is 37.8 Å². The number of oxazole rings is 1. The van der Waals surface area contributed by atoms with Gasteiger partial charge in [-0.2, -0.15) is 0 Å². The lowest BCUT2D eigenvalue weighted by molar-refractivity contribution is 0.514. The van der Waals surface area contributed by atoms with Gasteiger partial charge >= 0.3 is 5.76 Å². The predicted octanol–water partition coefficient (Wildman–Crippen LogP) is 3.31. The molecular formula is C15H18N4O2S2. The topological polar surface area (TPSA) is 73.0 Å². The van der Waals surface area contributed by atoms with E-state index in [2.05, 4.69) is 29.4 Å². The SMILES string of the molecule is CC(C)CNc1nnc(SCCn2c(=O)oc3ccccc32)s1. The average molecular weight is 350 g/mol. The molecule has 6 nitrogen and oxygen atoms in total. The molecule has 0 aliphatic carbocycles. The molecular weight excluding hydrogens is 332 g/mol. The van der Waals surface area contributed by atoms with Crippen LogP contribution >= 0.6 is 23.1 Å². The highest BCUT2D eigenvalue weighted by atomic mass is 32.2. The number of fused-ring (bicyclic) bond motifs is 1. The van der Waals surface area contributed by atoms with Crippen LogP contribution in [-0.4, -0.2) is 27.1 Å². The number of hydrogen-bond donors (Lipinski definition) is 1. The Kier molecular flexibility index (Phi) is 5.02. The van der Waals surface area contributed by atoms with Gasteiger partial charge in [-0.3, -0.25) is 4.57 Å². The van der Waals surface area contributed by atoms with Gasteiger partial charge in [0.15, 0.2) is 9.92 Å². The van der Waals surface area contributed by atoms with E-state index in [0.717, 1.165) is 27.3 Å². The van der Waals surface area contributed by atoms with Crippen LogP contribution in [-0.2, 0) is 6.54 Å². The summed E-state index contributed by atoms with van der Waals surface area (Å²) in [6.07, 6.45) is 0. The first-order valence-corrected chi connectivity index (χ1v) is 9.22. The van der Waals surface area contributed by atoms with Crippen molar-refractivity contribution in [3.8, 4) is 0 Å². The van der Waals surface area contributed by atoms with E-state index < -0.39 is 0 Å². The van der Waals surface area contributed by atoms with Crippen molar-refractivity contribution in [2.75, 3.05) is 17.6 Å². The third-order valence-corrected chi connectivity index (χ3v) is 5.18. The quantitative estimate of drug-likeness (QED) is 0.659. The monoisotopic (exact) mass is 350 g/mol. The van der Waals surface area contributed by atoms with Gasteiger partial charge in [-0.15, -0.1) is 10.2 Å². The third kappa shape index (κ3) is 3.94. The Hall–Kier alpha value is -1.80. The van der Waals surface area contributed by atoms with Gasteiger partial charge < -0.3 is 9.73 Å². The Labute approximate surface area is 141 Å².